The highest BCUT2D eigenvalue weighted by Gasteiger charge is 2.35. The normalized spacial score (nSPS) is 14.2. The molecule has 0 spiro atoms. The summed E-state index contributed by atoms with van der Waals surface area (Å²) in [6, 6.07) is 9.88. The lowest BCUT2D eigenvalue weighted by molar-refractivity contribution is 0.0337. The van der Waals surface area contributed by atoms with E-state index in [9.17, 15) is 18.8 Å². The van der Waals surface area contributed by atoms with Gasteiger partial charge in [0.25, 0.3) is 11.8 Å². The van der Waals surface area contributed by atoms with Crippen molar-refractivity contribution in [2.24, 2.45) is 0 Å². The second kappa shape index (κ2) is 6.92. The zero-order valence-corrected chi connectivity index (χ0v) is 14.1. The highest BCUT2D eigenvalue weighted by Crippen LogP contribution is 2.25. The van der Waals surface area contributed by atoms with E-state index in [0.717, 1.165) is 4.90 Å². The minimum absolute atomic E-state index is 0.105. The molecule has 132 valence electrons. The third-order valence-corrected chi connectivity index (χ3v) is 4.14. The topological polar surface area (TPSA) is 63.7 Å². The fraction of sp³-hybridized carbons (Fsp3) is 0.150. The van der Waals surface area contributed by atoms with Gasteiger partial charge in [0.2, 0.25) is 0 Å². The van der Waals surface area contributed by atoms with E-state index in [1.54, 1.807) is 6.92 Å². The van der Waals surface area contributed by atoms with E-state index in [2.05, 4.69) is 6.58 Å². The maximum Gasteiger partial charge on any atom is 0.338 e. The van der Waals surface area contributed by atoms with E-state index in [1.165, 1.54) is 48.5 Å². The van der Waals surface area contributed by atoms with Crippen LogP contribution in [0.1, 0.15) is 49.7 Å². The number of benzene rings is 2. The van der Waals surface area contributed by atoms with Crippen LogP contribution in [0.25, 0.3) is 0 Å². The molecule has 6 heteroatoms. The Labute approximate surface area is 149 Å². The molecular formula is C20H16FNO4. The Kier molecular flexibility index (Phi) is 4.67. The molecule has 1 aliphatic rings. The lowest BCUT2D eigenvalue weighted by Gasteiger charge is -2.14. The average Bonchev–Trinajstić information content (AvgIpc) is 2.87. The van der Waals surface area contributed by atoms with Crippen molar-refractivity contribution in [2.75, 3.05) is 6.54 Å². The molecule has 0 saturated carbocycles. The van der Waals surface area contributed by atoms with Crippen LogP contribution in [-0.2, 0) is 4.74 Å². The molecule has 3 rings (SSSR count). The second-order valence-electron chi connectivity index (χ2n) is 5.87. The molecule has 0 radical (unpaired) electrons. The first-order chi connectivity index (χ1) is 12.4. The number of esters is 1. The Morgan fingerprint density at radius 1 is 1.15 bits per heavy atom. The van der Waals surface area contributed by atoms with Crippen molar-refractivity contribution in [1.82, 2.24) is 4.90 Å². The number of rotatable bonds is 5. The maximum absolute atomic E-state index is 13.0. The van der Waals surface area contributed by atoms with E-state index in [0.29, 0.717) is 5.56 Å². The first kappa shape index (κ1) is 17.5. The highest BCUT2D eigenvalue weighted by molar-refractivity contribution is 6.22. The number of hydrogen-bond acceptors (Lipinski definition) is 4. The van der Waals surface area contributed by atoms with Gasteiger partial charge in [0.15, 0.2) is 0 Å². The minimum atomic E-state index is -0.632. The number of carbonyl (C=O) groups is 3. The fourth-order valence-electron chi connectivity index (χ4n) is 2.74. The summed E-state index contributed by atoms with van der Waals surface area (Å²) in [5.41, 5.74) is 1.23. The standard InChI is InChI=1S/C20H16FNO4/c1-3-10-22-18(23)16-9-6-14(11-17(16)19(22)24)20(25)26-12(2)13-4-7-15(21)8-5-13/h3-9,11-12H,1,10H2,2H3/t12-/m1/s1. The molecule has 1 aliphatic heterocycles. The summed E-state index contributed by atoms with van der Waals surface area (Å²) in [7, 11) is 0. The number of amides is 2. The van der Waals surface area contributed by atoms with Crippen molar-refractivity contribution >= 4 is 17.8 Å². The Balaban J connectivity index is 1.80. The van der Waals surface area contributed by atoms with Gasteiger partial charge >= 0.3 is 5.97 Å². The Bertz CT molecular complexity index is 905. The molecule has 5 nitrogen and oxygen atoms in total. The molecule has 2 amide bonds. The smallest absolute Gasteiger partial charge is 0.338 e. The molecule has 0 bridgehead atoms. The third-order valence-electron chi connectivity index (χ3n) is 4.14. The summed E-state index contributed by atoms with van der Waals surface area (Å²) in [6.45, 7) is 5.30. The molecule has 1 heterocycles. The van der Waals surface area contributed by atoms with Crippen molar-refractivity contribution < 1.29 is 23.5 Å². The van der Waals surface area contributed by atoms with Crippen LogP contribution >= 0.6 is 0 Å². The van der Waals surface area contributed by atoms with E-state index >= 15 is 0 Å². The number of fused-ring (bicyclic) bond motifs is 1. The van der Waals surface area contributed by atoms with Crippen molar-refractivity contribution in [3.63, 3.8) is 0 Å². The van der Waals surface area contributed by atoms with Gasteiger partial charge in [0.1, 0.15) is 11.9 Å². The van der Waals surface area contributed by atoms with Crippen LogP contribution in [0.5, 0.6) is 0 Å². The van der Waals surface area contributed by atoms with Gasteiger partial charge in [-0.1, -0.05) is 18.2 Å². The lowest BCUT2D eigenvalue weighted by Crippen LogP contribution is -2.29. The summed E-state index contributed by atoms with van der Waals surface area (Å²) in [5, 5.41) is 0. The van der Waals surface area contributed by atoms with Gasteiger partial charge in [-0.25, -0.2) is 9.18 Å². The predicted octanol–water partition coefficient (Wildman–Crippen LogP) is 3.53. The van der Waals surface area contributed by atoms with Gasteiger partial charge in [-0.2, -0.15) is 0 Å². The van der Waals surface area contributed by atoms with Gasteiger partial charge in [-0.05, 0) is 42.8 Å². The van der Waals surface area contributed by atoms with Crippen LogP contribution in [0.15, 0.2) is 55.1 Å². The molecule has 0 aromatic heterocycles. The fourth-order valence-corrected chi connectivity index (χ4v) is 2.74. The second-order valence-corrected chi connectivity index (χ2v) is 5.87. The lowest BCUT2D eigenvalue weighted by atomic mass is 10.1. The minimum Gasteiger partial charge on any atom is -0.454 e. The van der Waals surface area contributed by atoms with Crippen LogP contribution in [0.4, 0.5) is 4.39 Å². The van der Waals surface area contributed by atoms with Gasteiger partial charge in [0.05, 0.1) is 16.7 Å². The summed E-state index contributed by atoms with van der Waals surface area (Å²) in [4.78, 5) is 37.9. The van der Waals surface area contributed by atoms with Crippen LogP contribution in [-0.4, -0.2) is 29.2 Å². The Morgan fingerprint density at radius 2 is 1.81 bits per heavy atom. The number of hydrogen-bond donors (Lipinski definition) is 0. The number of nitrogens with zero attached hydrogens (tertiary/aromatic N) is 1. The van der Waals surface area contributed by atoms with Crippen molar-refractivity contribution in [1.29, 1.82) is 0 Å². The Hall–Kier alpha value is -3.28. The van der Waals surface area contributed by atoms with Crippen LogP contribution < -0.4 is 0 Å². The monoisotopic (exact) mass is 353 g/mol. The number of imide groups is 1. The molecule has 2 aromatic carbocycles. The molecule has 0 aliphatic carbocycles. The zero-order chi connectivity index (χ0) is 18.8. The molecular weight excluding hydrogens is 337 g/mol. The predicted molar refractivity (Wildman–Crippen MR) is 92.2 cm³/mol. The first-order valence-electron chi connectivity index (χ1n) is 8.00. The molecule has 1 atom stereocenters. The van der Waals surface area contributed by atoms with E-state index in [-0.39, 0.29) is 29.1 Å². The average molecular weight is 353 g/mol. The molecule has 0 unspecified atom stereocenters. The van der Waals surface area contributed by atoms with E-state index in [1.807, 2.05) is 0 Å². The largest absolute Gasteiger partial charge is 0.454 e. The maximum atomic E-state index is 13.0. The number of halogens is 1. The summed E-state index contributed by atoms with van der Waals surface area (Å²) in [5.74, 6) is -1.89. The number of carbonyl (C=O) groups excluding carboxylic acids is 3. The van der Waals surface area contributed by atoms with E-state index < -0.39 is 23.9 Å². The quantitative estimate of drug-likeness (QED) is 0.469. The van der Waals surface area contributed by atoms with Crippen LogP contribution in [0.3, 0.4) is 0 Å². The summed E-state index contributed by atoms with van der Waals surface area (Å²) in [6.07, 6.45) is 0.868. The SMILES string of the molecule is C=CCN1C(=O)c2ccc(C(=O)O[C@H](C)c3ccc(F)cc3)cc2C1=O. The van der Waals surface area contributed by atoms with Crippen molar-refractivity contribution in [2.45, 2.75) is 13.0 Å². The summed E-state index contributed by atoms with van der Waals surface area (Å²) >= 11 is 0. The number of ether oxygens (including phenoxy) is 1. The Morgan fingerprint density at radius 3 is 2.46 bits per heavy atom. The van der Waals surface area contributed by atoms with Gasteiger partial charge in [-0.3, -0.25) is 14.5 Å². The highest BCUT2D eigenvalue weighted by atomic mass is 19.1. The molecule has 0 saturated heterocycles. The van der Waals surface area contributed by atoms with Gasteiger partial charge < -0.3 is 4.74 Å². The van der Waals surface area contributed by atoms with E-state index in [4.69, 9.17) is 4.74 Å². The first-order valence-corrected chi connectivity index (χ1v) is 8.00. The van der Waals surface area contributed by atoms with Gasteiger partial charge in [-0.15, -0.1) is 6.58 Å². The molecule has 0 N–H and O–H groups in total. The third kappa shape index (κ3) is 3.13. The summed E-state index contributed by atoms with van der Waals surface area (Å²) < 4.78 is 18.4. The van der Waals surface area contributed by atoms with Crippen molar-refractivity contribution in [3.8, 4) is 0 Å². The van der Waals surface area contributed by atoms with Crippen LogP contribution in [0.2, 0.25) is 0 Å². The molecule has 2 aromatic rings. The molecule has 0 fully saturated rings. The van der Waals surface area contributed by atoms with Gasteiger partial charge in [0, 0.05) is 6.54 Å². The van der Waals surface area contributed by atoms with Crippen molar-refractivity contribution in [3.05, 3.63) is 83.2 Å². The molecule has 26 heavy (non-hydrogen) atoms. The zero-order valence-electron chi connectivity index (χ0n) is 14.1. The van der Waals surface area contributed by atoms with Crippen LogP contribution in [0, 0.1) is 5.82 Å².